The van der Waals surface area contributed by atoms with Gasteiger partial charge in [-0.2, -0.15) is 4.31 Å². The van der Waals surface area contributed by atoms with Crippen molar-refractivity contribution in [3.8, 4) is 5.75 Å². The van der Waals surface area contributed by atoms with Gasteiger partial charge in [0.15, 0.2) is 0 Å². The summed E-state index contributed by atoms with van der Waals surface area (Å²) in [6.45, 7) is 0.940. The van der Waals surface area contributed by atoms with E-state index in [-0.39, 0.29) is 35.0 Å². The van der Waals surface area contributed by atoms with E-state index in [1.54, 1.807) is 7.11 Å². The fourth-order valence-corrected chi connectivity index (χ4v) is 5.07. The Kier molecular flexibility index (Phi) is 6.53. The Morgan fingerprint density at radius 1 is 1.29 bits per heavy atom. The van der Waals surface area contributed by atoms with Crippen LogP contribution >= 0.6 is 11.6 Å². The number of pyridine rings is 1. The number of benzene rings is 1. The van der Waals surface area contributed by atoms with Gasteiger partial charge in [-0.1, -0.05) is 23.7 Å². The third-order valence-electron chi connectivity index (χ3n) is 4.77. The van der Waals surface area contributed by atoms with Crippen LogP contribution in [0.1, 0.15) is 18.4 Å². The third kappa shape index (κ3) is 4.63. The predicted octanol–water partition coefficient (Wildman–Crippen LogP) is 2.46. The van der Waals surface area contributed by atoms with Crippen LogP contribution < -0.4 is 10.1 Å². The molecule has 2 heterocycles. The smallest absolute Gasteiger partial charge is 0.246 e. The molecule has 1 amide bonds. The lowest BCUT2D eigenvalue weighted by Crippen LogP contribution is -2.42. The zero-order chi connectivity index (χ0) is 20.1. The molecule has 0 aliphatic carbocycles. The zero-order valence-electron chi connectivity index (χ0n) is 15.5. The molecule has 1 saturated heterocycles. The van der Waals surface area contributed by atoms with E-state index in [1.807, 2.05) is 24.3 Å². The second-order valence-corrected chi connectivity index (χ2v) is 8.80. The number of amides is 1. The largest absolute Gasteiger partial charge is 0.497 e. The van der Waals surface area contributed by atoms with Gasteiger partial charge in [-0.15, -0.1) is 0 Å². The Hall–Kier alpha value is -2.16. The number of aromatic nitrogens is 1. The number of carbonyl (C=O) groups excluding carboxylic acids is 1. The van der Waals surface area contributed by atoms with Crippen LogP contribution in [-0.4, -0.2) is 43.8 Å². The van der Waals surface area contributed by atoms with Gasteiger partial charge in [0, 0.05) is 31.7 Å². The topological polar surface area (TPSA) is 88.6 Å². The highest BCUT2D eigenvalue weighted by atomic mass is 35.5. The lowest BCUT2D eigenvalue weighted by molar-refractivity contribution is -0.126. The van der Waals surface area contributed by atoms with Gasteiger partial charge in [0.05, 0.1) is 7.11 Å². The van der Waals surface area contributed by atoms with E-state index >= 15 is 0 Å². The van der Waals surface area contributed by atoms with Gasteiger partial charge < -0.3 is 10.1 Å². The molecule has 1 N–H and O–H groups in total. The molecule has 7 nitrogen and oxygen atoms in total. The molecule has 1 aliphatic rings. The number of sulfonamides is 1. The van der Waals surface area contributed by atoms with Gasteiger partial charge in [0.1, 0.15) is 15.8 Å². The highest BCUT2D eigenvalue weighted by molar-refractivity contribution is 7.89. The second kappa shape index (κ2) is 8.89. The summed E-state index contributed by atoms with van der Waals surface area (Å²) in [5, 5.41) is 2.88. The molecule has 1 aromatic heterocycles. The molecular formula is C19H22ClN3O4S. The standard InChI is InChI=1S/C19H22ClN3O4S/c1-27-16-5-2-4-14(12-16)13-22-19(24)15-7-10-23(11-8-15)28(25,26)17-6-3-9-21-18(17)20/h2-6,9,12,15H,7-8,10-11,13H2,1H3,(H,22,24). The van der Waals surface area contributed by atoms with Crippen molar-refractivity contribution in [1.29, 1.82) is 0 Å². The Balaban J connectivity index is 1.56. The highest BCUT2D eigenvalue weighted by Crippen LogP contribution is 2.27. The molecule has 0 saturated carbocycles. The summed E-state index contributed by atoms with van der Waals surface area (Å²) in [4.78, 5) is 16.3. The molecule has 28 heavy (non-hydrogen) atoms. The molecule has 2 aromatic rings. The number of nitrogens with one attached hydrogen (secondary N) is 1. The molecule has 0 atom stereocenters. The molecule has 0 bridgehead atoms. The van der Waals surface area contributed by atoms with Crippen LogP contribution in [0.25, 0.3) is 0 Å². The van der Waals surface area contributed by atoms with Crippen molar-refractivity contribution >= 4 is 27.5 Å². The van der Waals surface area contributed by atoms with E-state index in [0.717, 1.165) is 11.3 Å². The maximum atomic E-state index is 12.7. The summed E-state index contributed by atoms with van der Waals surface area (Å²) in [5.74, 6) is 0.444. The van der Waals surface area contributed by atoms with Crippen LogP contribution in [-0.2, 0) is 21.4 Å². The average molecular weight is 424 g/mol. The fourth-order valence-electron chi connectivity index (χ4n) is 3.18. The van der Waals surface area contributed by atoms with E-state index in [0.29, 0.717) is 19.4 Å². The monoisotopic (exact) mass is 423 g/mol. The summed E-state index contributed by atoms with van der Waals surface area (Å²) in [5.41, 5.74) is 0.943. The van der Waals surface area contributed by atoms with E-state index in [1.165, 1.54) is 22.6 Å². The molecule has 1 fully saturated rings. The predicted molar refractivity (Wildman–Crippen MR) is 106 cm³/mol. The first kappa shape index (κ1) is 20.6. The minimum Gasteiger partial charge on any atom is -0.497 e. The van der Waals surface area contributed by atoms with Crippen molar-refractivity contribution < 1.29 is 17.9 Å². The molecule has 0 spiro atoms. The molecule has 0 unspecified atom stereocenters. The van der Waals surface area contributed by atoms with Gasteiger partial charge in [-0.3, -0.25) is 4.79 Å². The van der Waals surface area contributed by atoms with Crippen LogP contribution in [0, 0.1) is 5.92 Å². The maximum absolute atomic E-state index is 12.7. The van der Waals surface area contributed by atoms with E-state index < -0.39 is 10.0 Å². The number of piperidine rings is 1. The van der Waals surface area contributed by atoms with Crippen molar-refractivity contribution in [2.45, 2.75) is 24.3 Å². The lowest BCUT2D eigenvalue weighted by Gasteiger charge is -2.30. The van der Waals surface area contributed by atoms with Crippen LogP contribution in [0.2, 0.25) is 5.15 Å². The SMILES string of the molecule is COc1cccc(CNC(=O)C2CCN(S(=O)(=O)c3cccnc3Cl)CC2)c1. The van der Waals surface area contributed by atoms with Crippen molar-refractivity contribution in [3.05, 3.63) is 53.3 Å². The van der Waals surface area contributed by atoms with Gasteiger partial charge in [-0.25, -0.2) is 13.4 Å². The number of carbonyl (C=O) groups is 1. The maximum Gasteiger partial charge on any atom is 0.246 e. The number of hydrogen-bond donors (Lipinski definition) is 1. The summed E-state index contributed by atoms with van der Waals surface area (Å²) in [6.07, 6.45) is 2.36. The number of nitrogens with zero attached hydrogens (tertiary/aromatic N) is 2. The first-order chi connectivity index (χ1) is 13.4. The highest BCUT2D eigenvalue weighted by Gasteiger charge is 2.33. The second-order valence-electron chi connectivity index (χ2n) is 6.54. The van der Waals surface area contributed by atoms with Crippen molar-refractivity contribution in [2.24, 2.45) is 5.92 Å². The lowest BCUT2D eigenvalue weighted by atomic mass is 9.97. The number of halogens is 1. The quantitative estimate of drug-likeness (QED) is 0.721. The van der Waals surface area contributed by atoms with Crippen molar-refractivity contribution in [3.63, 3.8) is 0 Å². The molecule has 0 radical (unpaired) electrons. The van der Waals surface area contributed by atoms with Crippen LogP contribution in [0.3, 0.4) is 0 Å². The number of methoxy groups -OCH3 is 1. The van der Waals surface area contributed by atoms with Gasteiger partial charge in [-0.05, 0) is 42.7 Å². The third-order valence-corrected chi connectivity index (χ3v) is 7.11. The summed E-state index contributed by atoms with van der Waals surface area (Å²) < 4.78 is 32.0. The Morgan fingerprint density at radius 2 is 2.04 bits per heavy atom. The number of ether oxygens (including phenoxy) is 1. The molecule has 3 rings (SSSR count). The van der Waals surface area contributed by atoms with Crippen LogP contribution in [0.4, 0.5) is 0 Å². The van der Waals surface area contributed by atoms with Crippen molar-refractivity contribution in [2.75, 3.05) is 20.2 Å². The molecule has 1 aromatic carbocycles. The number of hydrogen-bond acceptors (Lipinski definition) is 5. The van der Waals surface area contributed by atoms with Gasteiger partial charge >= 0.3 is 0 Å². The van der Waals surface area contributed by atoms with Crippen LogP contribution in [0.15, 0.2) is 47.5 Å². The number of rotatable bonds is 6. The van der Waals surface area contributed by atoms with Gasteiger partial charge in [0.2, 0.25) is 15.9 Å². The van der Waals surface area contributed by atoms with Crippen LogP contribution in [0.5, 0.6) is 5.75 Å². The summed E-state index contributed by atoms with van der Waals surface area (Å²) in [7, 11) is -2.12. The molecule has 9 heteroatoms. The molecule has 1 aliphatic heterocycles. The zero-order valence-corrected chi connectivity index (χ0v) is 17.0. The molecular weight excluding hydrogens is 402 g/mol. The minimum atomic E-state index is -3.71. The van der Waals surface area contributed by atoms with Crippen molar-refractivity contribution in [1.82, 2.24) is 14.6 Å². The molecule has 150 valence electrons. The van der Waals surface area contributed by atoms with Gasteiger partial charge in [0.25, 0.3) is 0 Å². The normalized spacial score (nSPS) is 15.9. The van der Waals surface area contributed by atoms with E-state index in [2.05, 4.69) is 10.3 Å². The summed E-state index contributed by atoms with van der Waals surface area (Å²) >= 11 is 5.94. The first-order valence-corrected chi connectivity index (χ1v) is 10.7. The van der Waals surface area contributed by atoms with E-state index in [9.17, 15) is 13.2 Å². The Morgan fingerprint density at radius 3 is 2.71 bits per heavy atom. The average Bonchev–Trinajstić information content (AvgIpc) is 2.72. The Labute approximate surface area is 169 Å². The first-order valence-electron chi connectivity index (χ1n) is 8.93. The van der Waals surface area contributed by atoms with E-state index in [4.69, 9.17) is 16.3 Å². The minimum absolute atomic E-state index is 0.00223. The fraction of sp³-hybridized carbons (Fsp3) is 0.368. The summed E-state index contributed by atoms with van der Waals surface area (Å²) in [6, 6.07) is 10.5. The Bertz CT molecular complexity index is 944.